The molecule has 0 aliphatic carbocycles. The van der Waals surface area contributed by atoms with Gasteiger partial charge >= 0.3 is 0 Å². The molecule has 1 aliphatic rings. The van der Waals surface area contributed by atoms with Gasteiger partial charge in [-0.1, -0.05) is 54.6 Å². The summed E-state index contributed by atoms with van der Waals surface area (Å²) in [5.41, 5.74) is 3.92. The summed E-state index contributed by atoms with van der Waals surface area (Å²) in [4.78, 5) is 2.49. The lowest BCUT2D eigenvalue weighted by atomic mass is 9.97. The number of aliphatic hydroxyl groups excluding tert-OH is 1. The maximum absolute atomic E-state index is 9.19. The quantitative estimate of drug-likeness (QED) is 0.926. The second-order valence-corrected chi connectivity index (χ2v) is 5.97. The van der Waals surface area contributed by atoms with Crippen LogP contribution < -0.4 is 0 Å². The molecule has 2 nitrogen and oxygen atoms in total. The molecule has 2 aromatic rings. The van der Waals surface area contributed by atoms with E-state index in [4.69, 9.17) is 0 Å². The first-order valence-corrected chi connectivity index (χ1v) is 7.83. The first kappa shape index (κ1) is 14.3. The monoisotopic (exact) mass is 281 g/mol. The number of piperidine rings is 1. The molecule has 1 saturated heterocycles. The summed E-state index contributed by atoms with van der Waals surface area (Å²) >= 11 is 0. The highest BCUT2D eigenvalue weighted by atomic mass is 16.3. The second kappa shape index (κ2) is 6.88. The molecule has 0 unspecified atom stereocenters. The van der Waals surface area contributed by atoms with Crippen molar-refractivity contribution in [2.45, 2.75) is 19.4 Å². The van der Waals surface area contributed by atoms with Gasteiger partial charge < -0.3 is 5.11 Å². The van der Waals surface area contributed by atoms with Crippen LogP contribution in [0.5, 0.6) is 0 Å². The van der Waals surface area contributed by atoms with Gasteiger partial charge in [-0.15, -0.1) is 0 Å². The molecule has 3 rings (SSSR count). The topological polar surface area (TPSA) is 23.5 Å². The predicted octanol–water partition coefficient (Wildman–Crippen LogP) is 3.56. The number of hydrogen-bond donors (Lipinski definition) is 1. The SMILES string of the molecule is OCC1CCN(Cc2ccc(-c3ccccc3)cc2)CC1. The molecule has 1 aliphatic heterocycles. The zero-order valence-electron chi connectivity index (χ0n) is 12.4. The van der Waals surface area contributed by atoms with E-state index in [0.29, 0.717) is 12.5 Å². The lowest BCUT2D eigenvalue weighted by molar-refractivity contribution is 0.127. The molecule has 0 saturated carbocycles. The molecule has 1 heterocycles. The summed E-state index contributed by atoms with van der Waals surface area (Å²) in [6.45, 7) is 3.57. The van der Waals surface area contributed by atoms with Gasteiger partial charge in [0.2, 0.25) is 0 Å². The van der Waals surface area contributed by atoms with Crippen molar-refractivity contribution in [2.24, 2.45) is 5.92 Å². The van der Waals surface area contributed by atoms with Crippen molar-refractivity contribution < 1.29 is 5.11 Å². The summed E-state index contributed by atoms with van der Waals surface area (Å²) in [5.74, 6) is 0.515. The van der Waals surface area contributed by atoms with E-state index < -0.39 is 0 Å². The van der Waals surface area contributed by atoms with Crippen molar-refractivity contribution in [2.75, 3.05) is 19.7 Å². The van der Waals surface area contributed by atoms with Crippen LogP contribution in [0.4, 0.5) is 0 Å². The molecule has 0 aromatic heterocycles. The number of hydrogen-bond acceptors (Lipinski definition) is 2. The number of nitrogens with zero attached hydrogens (tertiary/aromatic N) is 1. The Balaban J connectivity index is 1.60. The first-order chi connectivity index (χ1) is 10.3. The third-order valence-corrected chi connectivity index (χ3v) is 4.43. The number of aliphatic hydroxyl groups is 1. The van der Waals surface area contributed by atoms with Gasteiger partial charge in [-0.3, -0.25) is 4.90 Å². The summed E-state index contributed by atoms with van der Waals surface area (Å²) in [6, 6.07) is 19.4. The maximum Gasteiger partial charge on any atom is 0.0460 e. The molecule has 2 heteroatoms. The van der Waals surface area contributed by atoms with Crippen molar-refractivity contribution >= 4 is 0 Å². The summed E-state index contributed by atoms with van der Waals surface area (Å²) in [7, 11) is 0. The molecule has 0 spiro atoms. The van der Waals surface area contributed by atoms with Crippen LogP contribution in [0.2, 0.25) is 0 Å². The molecule has 2 aromatic carbocycles. The van der Waals surface area contributed by atoms with E-state index in [0.717, 1.165) is 32.5 Å². The smallest absolute Gasteiger partial charge is 0.0460 e. The molecule has 110 valence electrons. The van der Waals surface area contributed by atoms with Gasteiger partial charge in [-0.05, 0) is 48.5 Å². The van der Waals surface area contributed by atoms with E-state index in [2.05, 4.69) is 53.4 Å². The Morgan fingerprint density at radius 2 is 1.48 bits per heavy atom. The van der Waals surface area contributed by atoms with E-state index in [9.17, 15) is 5.11 Å². The van der Waals surface area contributed by atoms with Crippen LogP contribution in [0.15, 0.2) is 54.6 Å². The average molecular weight is 281 g/mol. The van der Waals surface area contributed by atoms with Gasteiger partial charge in [0.05, 0.1) is 0 Å². The molecule has 1 N–H and O–H groups in total. The predicted molar refractivity (Wildman–Crippen MR) is 87.0 cm³/mol. The van der Waals surface area contributed by atoms with Gasteiger partial charge in [0.1, 0.15) is 0 Å². The normalized spacial score (nSPS) is 17.0. The van der Waals surface area contributed by atoms with E-state index in [1.54, 1.807) is 0 Å². The van der Waals surface area contributed by atoms with Crippen molar-refractivity contribution in [3.05, 3.63) is 60.2 Å². The van der Waals surface area contributed by atoms with Crippen LogP contribution in [0.3, 0.4) is 0 Å². The zero-order valence-corrected chi connectivity index (χ0v) is 12.4. The number of benzene rings is 2. The van der Waals surface area contributed by atoms with E-state index in [1.807, 2.05) is 6.07 Å². The van der Waals surface area contributed by atoms with Crippen molar-refractivity contribution in [1.82, 2.24) is 4.90 Å². The molecule has 21 heavy (non-hydrogen) atoms. The minimum atomic E-state index is 0.347. The van der Waals surface area contributed by atoms with E-state index >= 15 is 0 Å². The Bertz CT molecular complexity index is 542. The van der Waals surface area contributed by atoms with Crippen LogP contribution in [-0.4, -0.2) is 29.7 Å². The highest BCUT2D eigenvalue weighted by molar-refractivity contribution is 5.63. The standard InChI is InChI=1S/C19H23NO/c21-15-17-10-12-20(13-11-17)14-16-6-8-19(9-7-16)18-4-2-1-3-5-18/h1-9,17,21H,10-15H2. The highest BCUT2D eigenvalue weighted by Crippen LogP contribution is 2.21. The van der Waals surface area contributed by atoms with Crippen LogP contribution in [-0.2, 0) is 6.54 Å². The van der Waals surface area contributed by atoms with Crippen LogP contribution in [0, 0.1) is 5.92 Å². The van der Waals surface area contributed by atoms with Crippen molar-refractivity contribution in [3.8, 4) is 11.1 Å². The van der Waals surface area contributed by atoms with Crippen molar-refractivity contribution in [3.63, 3.8) is 0 Å². The molecular formula is C19H23NO. The molecular weight excluding hydrogens is 258 g/mol. The minimum absolute atomic E-state index is 0.347. The lowest BCUT2D eigenvalue weighted by Gasteiger charge is -2.31. The van der Waals surface area contributed by atoms with Gasteiger partial charge in [-0.2, -0.15) is 0 Å². The highest BCUT2D eigenvalue weighted by Gasteiger charge is 2.18. The van der Waals surface area contributed by atoms with Gasteiger partial charge in [-0.25, -0.2) is 0 Å². The second-order valence-electron chi connectivity index (χ2n) is 5.97. The Morgan fingerprint density at radius 3 is 2.10 bits per heavy atom. The van der Waals surface area contributed by atoms with E-state index in [-0.39, 0.29) is 0 Å². The average Bonchev–Trinajstić information content (AvgIpc) is 2.57. The summed E-state index contributed by atoms with van der Waals surface area (Å²) < 4.78 is 0. The Morgan fingerprint density at radius 1 is 0.857 bits per heavy atom. The van der Waals surface area contributed by atoms with Gasteiger partial charge in [0.25, 0.3) is 0 Å². The molecule has 0 radical (unpaired) electrons. The van der Waals surface area contributed by atoms with Crippen molar-refractivity contribution in [1.29, 1.82) is 0 Å². The first-order valence-electron chi connectivity index (χ1n) is 7.83. The number of likely N-dealkylation sites (tertiary alicyclic amines) is 1. The molecule has 0 atom stereocenters. The fraction of sp³-hybridized carbons (Fsp3) is 0.368. The van der Waals surface area contributed by atoms with Crippen LogP contribution in [0.25, 0.3) is 11.1 Å². The molecule has 1 fully saturated rings. The lowest BCUT2D eigenvalue weighted by Crippen LogP contribution is -2.34. The van der Waals surface area contributed by atoms with Gasteiger partial charge in [0, 0.05) is 13.2 Å². The van der Waals surface area contributed by atoms with Gasteiger partial charge in [0.15, 0.2) is 0 Å². The molecule has 0 amide bonds. The Hall–Kier alpha value is -1.64. The fourth-order valence-corrected chi connectivity index (χ4v) is 3.02. The maximum atomic E-state index is 9.19. The fourth-order valence-electron chi connectivity index (χ4n) is 3.02. The third-order valence-electron chi connectivity index (χ3n) is 4.43. The number of rotatable bonds is 4. The Labute approximate surface area is 127 Å². The zero-order chi connectivity index (χ0) is 14.5. The third kappa shape index (κ3) is 3.72. The van der Waals surface area contributed by atoms with Crippen LogP contribution >= 0.6 is 0 Å². The largest absolute Gasteiger partial charge is 0.396 e. The Kier molecular flexibility index (Phi) is 4.69. The van der Waals surface area contributed by atoms with E-state index in [1.165, 1.54) is 16.7 Å². The minimum Gasteiger partial charge on any atom is -0.396 e. The van der Waals surface area contributed by atoms with Crippen LogP contribution in [0.1, 0.15) is 18.4 Å². The molecule has 0 bridgehead atoms. The summed E-state index contributed by atoms with van der Waals surface area (Å²) in [5, 5.41) is 9.19. The summed E-state index contributed by atoms with van der Waals surface area (Å²) in [6.07, 6.45) is 2.25.